The Balaban J connectivity index is 1.34. The van der Waals surface area contributed by atoms with E-state index in [1.165, 1.54) is 0 Å². The van der Waals surface area contributed by atoms with Crippen LogP contribution in [0.25, 0.3) is 0 Å². The van der Waals surface area contributed by atoms with Crippen LogP contribution < -0.4 is 9.80 Å². The van der Waals surface area contributed by atoms with Gasteiger partial charge in [0.25, 0.3) is 5.91 Å². The first kappa shape index (κ1) is 28.1. The van der Waals surface area contributed by atoms with Gasteiger partial charge in [0.05, 0.1) is 24.0 Å². The Morgan fingerprint density at radius 2 is 1.76 bits per heavy atom. The summed E-state index contributed by atoms with van der Waals surface area (Å²) < 4.78 is 6.63. The van der Waals surface area contributed by atoms with E-state index in [-0.39, 0.29) is 29.9 Å². The SMILES string of the molecule is C[C@H]1[C@H]([Si](C)(C)O)[C@@H](CCO)O[C@]12C(=O)N(Cc1ccc(N3C(=O)CCc4ccccc43)cc1)c1ccc(Cl)cc12. The van der Waals surface area contributed by atoms with E-state index in [1.54, 1.807) is 21.9 Å². The van der Waals surface area contributed by atoms with Crippen LogP contribution in [-0.4, -0.2) is 42.7 Å². The summed E-state index contributed by atoms with van der Waals surface area (Å²) in [4.78, 5) is 42.0. The zero-order valence-electron chi connectivity index (χ0n) is 23.5. The van der Waals surface area contributed by atoms with Gasteiger partial charge in [-0.25, -0.2) is 0 Å². The normalized spacial score (nSPS) is 25.7. The number of anilines is 3. The van der Waals surface area contributed by atoms with Crippen LogP contribution in [0.1, 0.15) is 36.5 Å². The molecule has 3 aromatic rings. The van der Waals surface area contributed by atoms with Crippen LogP contribution in [0.15, 0.2) is 66.7 Å². The van der Waals surface area contributed by atoms with Crippen molar-refractivity contribution in [3.05, 3.63) is 88.4 Å². The van der Waals surface area contributed by atoms with Crippen molar-refractivity contribution in [2.45, 2.75) is 63.1 Å². The van der Waals surface area contributed by atoms with Gasteiger partial charge in [-0.3, -0.25) is 14.5 Å². The molecule has 214 valence electrons. The highest BCUT2D eigenvalue weighted by atomic mass is 35.5. The smallest absolute Gasteiger partial charge is 0.264 e. The molecule has 3 heterocycles. The Labute approximate surface area is 246 Å². The van der Waals surface area contributed by atoms with E-state index in [4.69, 9.17) is 16.3 Å². The molecule has 1 spiro atoms. The van der Waals surface area contributed by atoms with Gasteiger partial charge in [-0.1, -0.05) is 48.9 Å². The molecule has 2 amide bonds. The average molecular weight is 591 g/mol. The third-order valence-corrected chi connectivity index (χ3v) is 11.7. The summed E-state index contributed by atoms with van der Waals surface area (Å²) in [5.41, 5.74) is 3.67. The van der Waals surface area contributed by atoms with Crippen molar-refractivity contribution < 1.29 is 24.2 Å². The first-order chi connectivity index (χ1) is 19.6. The van der Waals surface area contributed by atoms with Gasteiger partial charge in [-0.15, -0.1) is 0 Å². The number of carbonyl (C=O) groups is 2. The second-order valence-corrected chi connectivity index (χ2v) is 16.4. The fourth-order valence-corrected chi connectivity index (χ4v) is 10.0. The second kappa shape index (κ2) is 10.4. The fourth-order valence-electron chi connectivity index (χ4n) is 7.25. The van der Waals surface area contributed by atoms with Gasteiger partial charge in [-0.2, -0.15) is 0 Å². The molecule has 6 rings (SSSR count). The first-order valence-corrected chi connectivity index (χ1v) is 17.6. The van der Waals surface area contributed by atoms with Crippen molar-refractivity contribution in [3.63, 3.8) is 0 Å². The average Bonchev–Trinajstić information content (AvgIpc) is 3.36. The van der Waals surface area contributed by atoms with Crippen molar-refractivity contribution in [3.8, 4) is 0 Å². The number of rotatable bonds is 6. The predicted octanol–water partition coefficient (Wildman–Crippen LogP) is 5.68. The van der Waals surface area contributed by atoms with E-state index >= 15 is 0 Å². The number of carbonyl (C=O) groups excluding carboxylic acids is 2. The van der Waals surface area contributed by atoms with Crippen molar-refractivity contribution >= 4 is 48.8 Å². The summed E-state index contributed by atoms with van der Waals surface area (Å²) in [5, 5.41) is 10.3. The van der Waals surface area contributed by atoms with Gasteiger partial charge in [0.2, 0.25) is 5.91 Å². The first-order valence-electron chi connectivity index (χ1n) is 14.2. The van der Waals surface area contributed by atoms with E-state index in [0.29, 0.717) is 30.0 Å². The van der Waals surface area contributed by atoms with E-state index in [0.717, 1.165) is 34.6 Å². The Bertz CT molecular complexity index is 1510. The van der Waals surface area contributed by atoms with Gasteiger partial charge >= 0.3 is 0 Å². The predicted molar refractivity (Wildman–Crippen MR) is 162 cm³/mol. The van der Waals surface area contributed by atoms with Gasteiger partial charge < -0.3 is 19.5 Å². The standard InChI is InChI=1S/C32H35ClN2O5Si/c1-20-30(41(2,3)39)28(16-17-36)40-32(20)25-18-23(33)11-14-27(25)34(31(32)38)19-21-8-12-24(13-9-21)35-26-7-5-4-6-22(26)10-15-29(35)37/h4-9,11-14,18,20,28,30,36,39H,10,15-17,19H2,1-3H3/t20-,28+,30-,32+/m0/s1. The van der Waals surface area contributed by atoms with Crippen molar-refractivity contribution in [1.29, 1.82) is 0 Å². The number of hydrogen-bond donors (Lipinski definition) is 2. The number of aliphatic hydroxyl groups excluding tert-OH is 1. The zero-order valence-corrected chi connectivity index (χ0v) is 25.3. The van der Waals surface area contributed by atoms with Gasteiger partial charge in [0.15, 0.2) is 13.9 Å². The van der Waals surface area contributed by atoms with Crippen LogP contribution in [0.2, 0.25) is 23.7 Å². The Morgan fingerprint density at radius 3 is 2.46 bits per heavy atom. The van der Waals surface area contributed by atoms with Gasteiger partial charge in [0, 0.05) is 40.8 Å². The van der Waals surface area contributed by atoms with E-state index in [9.17, 15) is 19.5 Å². The number of benzene rings is 3. The number of para-hydroxylation sites is 1. The molecule has 0 bridgehead atoms. The molecule has 0 saturated carbocycles. The lowest BCUT2D eigenvalue weighted by Gasteiger charge is -2.32. The summed E-state index contributed by atoms with van der Waals surface area (Å²) in [6.07, 6.45) is 1.10. The minimum absolute atomic E-state index is 0.0635. The third-order valence-electron chi connectivity index (χ3n) is 8.98. The molecule has 3 aliphatic rings. The molecule has 41 heavy (non-hydrogen) atoms. The van der Waals surface area contributed by atoms with E-state index in [1.807, 2.05) is 68.5 Å². The minimum Gasteiger partial charge on any atom is -0.432 e. The number of aliphatic hydroxyl groups is 1. The van der Waals surface area contributed by atoms with Crippen LogP contribution in [-0.2, 0) is 32.9 Å². The lowest BCUT2D eigenvalue weighted by atomic mass is 9.82. The molecular weight excluding hydrogens is 556 g/mol. The molecule has 2 N–H and O–H groups in total. The van der Waals surface area contributed by atoms with Crippen LogP contribution in [0.3, 0.4) is 0 Å². The molecule has 0 unspecified atom stereocenters. The number of aryl methyl sites for hydroxylation is 1. The number of fused-ring (bicyclic) bond motifs is 3. The molecule has 0 aliphatic carbocycles. The van der Waals surface area contributed by atoms with Crippen LogP contribution in [0, 0.1) is 5.92 Å². The summed E-state index contributed by atoms with van der Waals surface area (Å²) in [7, 11) is -2.77. The molecule has 0 radical (unpaired) electrons. The summed E-state index contributed by atoms with van der Waals surface area (Å²) >= 11 is 6.45. The highest BCUT2D eigenvalue weighted by Gasteiger charge is 2.66. The summed E-state index contributed by atoms with van der Waals surface area (Å²) in [6.45, 7) is 5.92. The van der Waals surface area contributed by atoms with Crippen molar-refractivity contribution in [1.82, 2.24) is 0 Å². The van der Waals surface area contributed by atoms with E-state index in [2.05, 4.69) is 6.07 Å². The van der Waals surface area contributed by atoms with Crippen LogP contribution in [0.5, 0.6) is 0 Å². The van der Waals surface area contributed by atoms with Crippen molar-refractivity contribution in [2.75, 3.05) is 16.4 Å². The number of halogens is 1. The number of nitrogens with zero attached hydrogens (tertiary/aromatic N) is 2. The molecule has 3 aliphatic heterocycles. The molecule has 9 heteroatoms. The highest BCUT2D eigenvalue weighted by Crippen LogP contribution is 2.60. The highest BCUT2D eigenvalue weighted by molar-refractivity contribution is 6.71. The largest absolute Gasteiger partial charge is 0.432 e. The monoisotopic (exact) mass is 590 g/mol. The third kappa shape index (κ3) is 4.53. The molecule has 3 aromatic carbocycles. The molecule has 4 atom stereocenters. The van der Waals surface area contributed by atoms with Crippen LogP contribution >= 0.6 is 11.6 Å². The number of ether oxygens (including phenoxy) is 1. The maximum Gasteiger partial charge on any atom is 0.264 e. The lowest BCUT2D eigenvalue weighted by Crippen LogP contribution is -2.46. The maximum absolute atomic E-state index is 14.4. The second-order valence-electron chi connectivity index (χ2n) is 11.9. The van der Waals surface area contributed by atoms with Crippen molar-refractivity contribution in [2.24, 2.45) is 5.92 Å². The quantitative estimate of drug-likeness (QED) is 0.361. The zero-order chi connectivity index (χ0) is 29.1. The Morgan fingerprint density at radius 1 is 1.02 bits per heavy atom. The Kier molecular flexibility index (Phi) is 7.11. The van der Waals surface area contributed by atoms with E-state index < -0.39 is 20.0 Å². The number of hydrogen-bond acceptors (Lipinski definition) is 5. The number of amides is 2. The lowest BCUT2D eigenvalue weighted by molar-refractivity contribution is -0.146. The Hall–Kier alpha value is -3.01. The molecule has 1 saturated heterocycles. The molecular formula is C32H35ClN2O5Si. The van der Waals surface area contributed by atoms with Crippen LogP contribution in [0.4, 0.5) is 17.1 Å². The van der Waals surface area contributed by atoms with Gasteiger partial charge in [-0.05, 0) is 73.5 Å². The summed E-state index contributed by atoms with van der Waals surface area (Å²) in [5.74, 6) is -0.434. The minimum atomic E-state index is -2.77. The fraction of sp³-hybridized carbons (Fsp3) is 0.375. The molecule has 0 aromatic heterocycles. The molecule has 7 nitrogen and oxygen atoms in total. The van der Waals surface area contributed by atoms with Gasteiger partial charge in [0.1, 0.15) is 0 Å². The topological polar surface area (TPSA) is 90.3 Å². The molecule has 1 fully saturated rings. The summed E-state index contributed by atoms with van der Waals surface area (Å²) in [6, 6.07) is 21.2. The maximum atomic E-state index is 14.4.